The summed E-state index contributed by atoms with van der Waals surface area (Å²) < 4.78 is 0. The van der Waals surface area contributed by atoms with Crippen LogP contribution in [0, 0.1) is 24.7 Å². The quantitative estimate of drug-likeness (QED) is 0.871. The third-order valence-electron chi connectivity index (χ3n) is 5.44. The monoisotopic (exact) mass is 286 g/mol. The number of anilines is 1. The number of hydrogen-bond acceptors (Lipinski definition) is 2. The summed E-state index contributed by atoms with van der Waals surface area (Å²) in [5.74, 6) is 2.69. The first-order valence-corrected chi connectivity index (χ1v) is 8.22. The Hall–Kier alpha value is -1.35. The van der Waals surface area contributed by atoms with E-state index in [0.717, 1.165) is 29.0 Å². The predicted octanol–water partition coefficient (Wildman–Crippen LogP) is 3.35. The molecule has 2 bridgehead atoms. The molecule has 1 aromatic rings. The summed E-state index contributed by atoms with van der Waals surface area (Å²) in [7, 11) is 0. The number of para-hydroxylation sites is 1. The molecular formula is C18H26N2O. The van der Waals surface area contributed by atoms with Crippen molar-refractivity contribution in [2.24, 2.45) is 17.8 Å². The van der Waals surface area contributed by atoms with Crippen LogP contribution in [0.25, 0.3) is 0 Å². The number of nitrogens with one attached hydrogen (secondary N) is 2. The maximum atomic E-state index is 12.1. The summed E-state index contributed by atoms with van der Waals surface area (Å²) >= 11 is 0. The molecule has 2 aliphatic rings. The van der Waals surface area contributed by atoms with Crippen LogP contribution in [0.1, 0.15) is 38.2 Å². The van der Waals surface area contributed by atoms with Gasteiger partial charge in [-0.25, -0.2) is 0 Å². The number of rotatable bonds is 5. The molecule has 0 radical (unpaired) electrons. The van der Waals surface area contributed by atoms with Crippen molar-refractivity contribution in [3.63, 3.8) is 0 Å². The largest absolute Gasteiger partial charge is 0.325 e. The van der Waals surface area contributed by atoms with Gasteiger partial charge in [-0.15, -0.1) is 0 Å². The maximum absolute atomic E-state index is 12.1. The minimum absolute atomic E-state index is 0.0549. The van der Waals surface area contributed by atoms with Gasteiger partial charge in [0.05, 0.1) is 6.54 Å². The smallest absolute Gasteiger partial charge is 0.238 e. The van der Waals surface area contributed by atoms with Crippen molar-refractivity contribution in [3.8, 4) is 0 Å². The number of carbonyl (C=O) groups is 1. The lowest BCUT2D eigenvalue weighted by Gasteiger charge is -2.28. The first kappa shape index (κ1) is 14.6. The van der Waals surface area contributed by atoms with E-state index >= 15 is 0 Å². The highest BCUT2D eigenvalue weighted by molar-refractivity contribution is 5.92. The van der Waals surface area contributed by atoms with E-state index < -0.39 is 0 Å². The molecule has 0 saturated heterocycles. The Labute approximate surface area is 127 Å². The second-order valence-electron chi connectivity index (χ2n) is 6.87. The number of amides is 1. The third kappa shape index (κ3) is 3.29. The van der Waals surface area contributed by atoms with Gasteiger partial charge in [0.15, 0.2) is 0 Å². The second kappa shape index (κ2) is 6.18. The Kier molecular flexibility index (Phi) is 4.29. The SMILES string of the molecule is Cc1ccccc1NC(=O)CNC(C)C1CC2CCC1C2. The molecule has 0 heterocycles. The molecule has 4 unspecified atom stereocenters. The molecule has 114 valence electrons. The van der Waals surface area contributed by atoms with Crippen molar-refractivity contribution in [1.82, 2.24) is 5.32 Å². The molecule has 0 spiro atoms. The molecule has 1 amide bonds. The van der Waals surface area contributed by atoms with Gasteiger partial charge in [0.1, 0.15) is 0 Å². The van der Waals surface area contributed by atoms with Gasteiger partial charge in [0.25, 0.3) is 0 Å². The van der Waals surface area contributed by atoms with Crippen LogP contribution in [-0.2, 0) is 4.79 Å². The fraction of sp³-hybridized carbons (Fsp3) is 0.611. The molecular weight excluding hydrogens is 260 g/mol. The molecule has 2 aliphatic carbocycles. The summed E-state index contributed by atoms with van der Waals surface area (Å²) in [5.41, 5.74) is 2.02. The Balaban J connectivity index is 1.46. The average molecular weight is 286 g/mol. The zero-order valence-corrected chi connectivity index (χ0v) is 13.1. The highest BCUT2D eigenvalue weighted by Gasteiger charge is 2.41. The number of fused-ring (bicyclic) bond motifs is 2. The van der Waals surface area contributed by atoms with Crippen molar-refractivity contribution in [2.75, 3.05) is 11.9 Å². The zero-order valence-electron chi connectivity index (χ0n) is 13.1. The Morgan fingerprint density at radius 3 is 2.76 bits per heavy atom. The van der Waals surface area contributed by atoms with Gasteiger partial charge in [-0.05, 0) is 62.5 Å². The second-order valence-corrected chi connectivity index (χ2v) is 6.87. The lowest BCUT2D eigenvalue weighted by atomic mass is 9.84. The Bertz CT molecular complexity index is 514. The first-order chi connectivity index (χ1) is 10.1. The fourth-order valence-corrected chi connectivity index (χ4v) is 4.22. The Morgan fingerprint density at radius 1 is 1.29 bits per heavy atom. The predicted molar refractivity (Wildman–Crippen MR) is 86.2 cm³/mol. The van der Waals surface area contributed by atoms with Gasteiger partial charge in [0.2, 0.25) is 5.91 Å². The number of benzene rings is 1. The minimum Gasteiger partial charge on any atom is -0.325 e. The molecule has 0 aliphatic heterocycles. The molecule has 0 aromatic heterocycles. The van der Waals surface area contributed by atoms with Gasteiger partial charge in [-0.1, -0.05) is 24.6 Å². The van der Waals surface area contributed by atoms with Crippen LogP contribution in [0.5, 0.6) is 0 Å². The van der Waals surface area contributed by atoms with Crippen LogP contribution in [0.4, 0.5) is 5.69 Å². The van der Waals surface area contributed by atoms with E-state index in [2.05, 4.69) is 17.6 Å². The van der Waals surface area contributed by atoms with Crippen molar-refractivity contribution in [3.05, 3.63) is 29.8 Å². The number of aryl methyl sites for hydroxylation is 1. The van der Waals surface area contributed by atoms with E-state index in [1.807, 2.05) is 31.2 Å². The summed E-state index contributed by atoms with van der Waals surface area (Å²) in [4.78, 5) is 12.1. The number of hydrogen-bond donors (Lipinski definition) is 2. The normalized spacial score (nSPS) is 28.6. The molecule has 3 heteroatoms. The standard InChI is InChI=1S/C18H26N2O/c1-12-5-3-4-6-17(12)20-18(21)11-19-13(2)16-10-14-7-8-15(16)9-14/h3-6,13-16,19H,7-11H2,1-2H3,(H,20,21). The van der Waals surface area contributed by atoms with E-state index in [4.69, 9.17) is 0 Å². The van der Waals surface area contributed by atoms with Gasteiger partial charge in [-0.3, -0.25) is 4.79 Å². The lowest BCUT2D eigenvalue weighted by molar-refractivity contribution is -0.115. The first-order valence-electron chi connectivity index (χ1n) is 8.22. The van der Waals surface area contributed by atoms with Crippen LogP contribution >= 0.6 is 0 Å². The molecule has 3 rings (SSSR count). The van der Waals surface area contributed by atoms with Gasteiger partial charge in [0, 0.05) is 11.7 Å². The van der Waals surface area contributed by atoms with Crippen molar-refractivity contribution < 1.29 is 4.79 Å². The van der Waals surface area contributed by atoms with Crippen LogP contribution in [0.15, 0.2) is 24.3 Å². The molecule has 2 fully saturated rings. The molecule has 4 atom stereocenters. The van der Waals surface area contributed by atoms with E-state index in [0.29, 0.717) is 12.6 Å². The Morgan fingerprint density at radius 2 is 2.10 bits per heavy atom. The van der Waals surface area contributed by atoms with Crippen LogP contribution in [-0.4, -0.2) is 18.5 Å². The van der Waals surface area contributed by atoms with Crippen LogP contribution < -0.4 is 10.6 Å². The highest BCUT2D eigenvalue weighted by Crippen LogP contribution is 2.49. The average Bonchev–Trinajstić information content (AvgIpc) is 3.10. The fourth-order valence-electron chi connectivity index (χ4n) is 4.22. The molecule has 3 nitrogen and oxygen atoms in total. The summed E-state index contributed by atoms with van der Waals surface area (Å²) in [6.45, 7) is 4.66. The van der Waals surface area contributed by atoms with Crippen molar-refractivity contribution in [2.45, 2.75) is 45.6 Å². The number of carbonyl (C=O) groups excluding carboxylic acids is 1. The third-order valence-corrected chi connectivity index (χ3v) is 5.44. The zero-order chi connectivity index (χ0) is 14.8. The molecule has 1 aromatic carbocycles. The molecule has 2 saturated carbocycles. The summed E-state index contributed by atoms with van der Waals surface area (Å²) in [6.07, 6.45) is 5.61. The van der Waals surface area contributed by atoms with E-state index in [1.54, 1.807) is 0 Å². The van der Waals surface area contributed by atoms with Gasteiger partial charge < -0.3 is 10.6 Å². The summed E-state index contributed by atoms with van der Waals surface area (Å²) in [6, 6.07) is 8.35. The lowest BCUT2D eigenvalue weighted by Crippen LogP contribution is -2.40. The molecule has 21 heavy (non-hydrogen) atoms. The molecule has 2 N–H and O–H groups in total. The maximum Gasteiger partial charge on any atom is 0.238 e. The topological polar surface area (TPSA) is 41.1 Å². The van der Waals surface area contributed by atoms with E-state index in [9.17, 15) is 4.79 Å². The van der Waals surface area contributed by atoms with E-state index in [1.165, 1.54) is 25.7 Å². The summed E-state index contributed by atoms with van der Waals surface area (Å²) in [5, 5.41) is 6.43. The van der Waals surface area contributed by atoms with Crippen molar-refractivity contribution in [1.29, 1.82) is 0 Å². The highest BCUT2D eigenvalue weighted by atomic mass is 16.1. The minimum atomic E-state index is 0.0549. The van der Waals surface area contributed by atoms with Gasteiger partial charge >= 0.3 is 0 Å². The van der Waals surface area contributed by atoms with Crippen LogP contribution in [0.2, 0.25) is 0 Å². The van der Waals surface area contributed by atoms with Gasteiger partial charge in [-0.2, -0.15) is 0 Å². The van der Waals surface area contributed by atoms with Crippen LogP contribution in [0.3, 0.4) is 0 Å². The van der Waals surface area contributed by atoms with E-state index in [-0.39, 0.29) is 5.91 Å². The van der Waals surface area contributed by atoms with Crippen molar-refractivity contribution >= 4 is 11.6 Å².